The molecule has 0 unspecified atom stereocenters. The first kappa shape index (κ1) is 63.7. The van der Waals surface area contributed by atoms with E-state index in [-0.39, 0.29) is 17.5 Å². The predicted molar refractivity (Wildman–Crippen MR) is 465 cm³/mol. The number of fused-ring (bicyclic) bond motifs is 10. The van der Waals surface area contributed by atoms with Crippen LogP contribution < -0.4 is 30.4 Å². The van der Waals surface area contributed by atoms with Gasteiger partial charge in [0.25, 0.3) is 6.71 Å². The average Bonchev–Trinajstić information content (AvgIpc) is 1.30. The maximum Gasteiger partial charge on any atom is 0.264 e. The van der Waals surface area contributed by atoms with E-state index in [4.69, 9.17) is 0 Å². The monoisotopic (exact) mass is 1400 g/mol. The Balaban J connectivity index is 0.884. The molecule has 19 aromatic rings. The normalized spacial score (nSPS) is 12.9. The van der Waals surface area contributed by atoms with Crippen LogP contribution in [0.25, 0.3) is 125 Å². The topological polar surface area (TPSA) is 14.7 Å². The minimum absolute atomic E-state index is 0.0483. The van der Waals surface area contributed by atoms with Gasteiger partial charge in [-0.05, 0) is 207 Å². The lowest BCUT2D eigenvalue weighted by Gasteiger charge is -2.44. The molecule has 2 aromatic heterocycles. The van der Waals surface area contributed by atoms with Crippen molar-refractivity contribution in [1.82, 2.24) is 4.57 Å². The molecule has 0 amide bonds. The van der Waals surface area contributed by atoms with E-state index in [0.29, 0.717) is 0 Å². The van der Waals surface area contributed by atoms with E-state index < -0.39 is 0 Å². The molecule has 108 heavy (non-hydrogen) atoms. The number of nitrogens with zero attached hydrogens (tertiary/aromatic N) is 4. The van der Waals surface area contributed by atoms with Crippen molar-refractivity contribution in [2.75, 3.05) is 14.7 Å². The van der Waals surface area contributed by atoms with Crippen LogP contribution in [0.3, 0.4) is 0 Å². The molecule has 0 fully saturated rings. The quantitative estimate of drug-likeness (QED) is 0.100. The Kier molecular flexibility index (Phi) is 14.4. The zero-order valence-corrected chi connectivity index (χ0v) is 62.0. The summed E-state index contributed by atoms with van der Waals surface area (Å²) in [6, 6.07) is 131. The molecule has 0 radical (unpaired) electrons. The minimum atomic E-state index is -0.211. The van der Waals surface area contributed by atoms with Crippen molar-refractivity contribution in [3.8, 4) is 50.2 Å². The molecule has 0 bridgehead atoms. The van der Waals surface area contributed by atoms with Crippen LogP contribution >= 0.6 is 11.3 Å². The van der Waals surface area contributed by atoms with Crippen LogP contribution in [0.4, 0.5) is 51.2 Å². The maximum absolute atomic E-state index is 2.68. The summed E-state index contributed by atoms with van der Waals surface area (Å²) in [4.78, 5) is 7.81. The lowest BCUT2D eigenvalue weighted by atomic mass is 9.36. The molecule has 2 aliphatic heterocycles. The number of hydrogen-bond donors (Lipinski definition) is 0. The Labute approximate surface area is 634 Å². The first-order valence-corrected chi connectivity index (χ1v) is 38.6. The highest BCUT2D eigenvalue weighted by Gasteiger charge is 2.47. The summed E-state index contributed by atoms with van der Waals surface area (Å²) >= 11 is 1.95. The first-order chi connectivity index (χ1) is 52.8. The van der Waals surface area contributed by atoms with Crippen LogP contribution in [-0.2, 0) is 10.8 Å². The van der Waals surface area contributed by atoms with Gasteiger partial charge in [0.15, 0.2) is 0 Å². The first-order valence-electron chi connectivity index (χ1n) is 37.8. The molecule has 0 saturated heterocycles. The largest absolute Gasteiger partial charge is 0.311 e. The smallest absolute Gasteiger partial charge is 0.264 e. The highest BCUT2D eigenvalue weighted by Crippen LogP contribution is 2.55. The Bertz CT molecular complexity index is 6800. The minimum Gasteiger partial charge on any atom is -0.311 e. The highest BCUT2D eigenvalue weighted by atomic mass is 32.1. The van der Waals surface area contributed by atoms with Gasteiger partial charge in [0.05, 0.1) is 33.8 Å². The molecule has 0 aliphatic carbocycles. The number of anilines is 9. The van der Waals surface area contributed by atoms with Crippen molar-refractivity contribution in [2.24, 2.45) is 0 Å². The summed E-state index contributed by atoms with van der Waals surface area (Å²) < 4.78 is 5.00. The highest BCUT2D eigenvalue weighted by molar-refractivity contribution is 7.33. The fourth-order valence-electron chi connectivity index (χ4n) is 18.0. The van der Waals surface area contributed by atoms with Gasteiger partial charge >= 0.3 is 0 Å². The summed E-state index contributed by atoms with van der Waals surface area (Å²) in [6.07, 6.45) is 0. The number of hydrogen-bond acceptors (Lipinski definition) is 4. The van der Waals surface area contributed by atoms with E-state index in [9.17, 15) is 0 Å². The second-order valence-corrected chi connectivity index (χ2v) is 32.6. The van der Waals surface area contributed by atoms with E-state index in [1.807, 2.05) is 11.3 Å². The van der Waals surface area contributed by atoms with Gasteiger partial charge < -0.3 is 19.3 Å². The van der Waals surface area contributed by atoms with Crippen LogP contribution in [0.2, 0.25) is 0 Å². The molecule has 17 aromatic carbocycles. The number of rotatable bonds is 10. The average molecular weight is 1400 g/mol. The van der Waals surface area contributed by atoms with Gasteiger partial charge in [0.1, 0.15) is 0 Å². The molecular formula is C102H75BN4S. The zero-order chi connectivity index (χ0) is 72.3. The Morgan fingerprint density at radius 1 is 0.315 bits per heavy atom. The maximum atomic E-state index is 2.68. The number of para-hydroxylation sites is 5. The van der Waals surface area contributed by atoms with Crippen molar-refractivity contribution in [3.63, 3.8) is 0 Å². The van der Waals surface area contributed by atoms with Gasteiger partial charge in [0, 0.05) is 76.3 Å². The molecule has 2 aliphatic rings. The van der Waals surface area contributed by atoms with Gasteiger partial charge in [-0.15, -0.1) is 11.3 Å². The third kappa shape index (κ3) is 10.0. The molecule has 6 heteroatoms. The molecule has 0 spiro atoms. The predicted octanol–water partition coefficient (Wildman–Crippen LogP) is 26.9. The van der Waals surface area contributed by atoms with Gasteiger partial charge in [-0.3, -0.25) is 0 Å². The number of benzene rings is 17. The fraction of sp³-hybridized carbons (Fsp3) is 0.0784. The summed E-state index contributed by atoms with van der Waals surface area (Å²) in [7, 11) is 0. The van der Waals surface area contributed by atoms with E-state index in [1.54, 1.807) is 0 Å². The number of aromatic nitrogens is 1. The van der Waals surface area contributed by atoms with Gasteiger partial charge in [0.2, 0.25) is 0 Å². The Morgan fingerprint density at radius 3 is 1.55 bits per heavy atom. The summed E-state index contributed by atoms with van der Waals surface area (Å²) in [5, 5.41) is 13.9. The Morgan fingerprint density at radius 2 is 0.861 bits per heavy atom. The van der Waals surface area contributed by atoms with Crippen molar-refractivity contribution >= 4 is 160 Å². The van der Waals surface area contributed by atoms with E-state index in [2.05, 4.69) is 407 Å². The molecule has 21 rings (SSSR count). The van der Waals surface area contributed by atoms with Crippen LogP contribution in [0.15, 0.2) is 346 Å². The lowest BCUT2D eigenvalue weighted by Crippen LogP contribution is -2.60. The standard InChI is InChI=1S/C102H75BN4S/c1-101(2,3)73-55-69-48-49-70-56-74(102(4,5)6)61-85-84(58-72(57-73)96(69)97(70)85)68-35-26-34-67(54-68)71-59-93-98-94(60-71)107(89-44-23-19-40-80(89)65-30-12-8-13-31-65)99-83-52-50-77(105-90-45-24-20-41-81(90)82-42-21-25-46-91(82)105)63-95(83)108-100(99)103(98)86-53-51-76(62-92(86)106(93)88-43-22-18-39-79(88)64-28-10-7-11-29-64)104(75-36-14-9-15-37-75)87-47-27-33-66-32-16-17-38-78(66)87/h7-63H,1-6H3. The zero-order valence-electron chi connectivity index (χ0n) is 61.2. The summed E-state index contributed by atoms with van der Waals surface area (Å²) in [6.45, 7) is 13.9. The summed E-state index contributed by atoms with van der Waals surface area (Å²) in [5.74, 6) is 0. The molecule has 0 N–H and O–H groups in total. The second-order valence-electron chi connectivity index (χ2n) is 31.6. The van der Waals surface area contributed by atoms with Crippen LogP contribution in [0.1, 0.15) is 52.7 Å². The van der Waals surface area contributed by atoms with Crippen molar-refractivity contribution in [3.05, 3.63) is 357 Å². The molecular weight excluding hydrogens is 1320 g/mol. The molecule has 0 atom stereocenters. The van der Waals surface area contributed by atoms with E-state index in [0.717, 1.165) is 84.6 Å². The van der Waals surface area contributed by atoms with E-state index in [1.165, 1.54) is 119 Å². The van der Waals surface area contributed by atoms with Crippen molar-refractivity contribution < 1.29 is 0 Å². The molecule has 512 valence electrons. The molecule has 4 nitrogen and oxygen atoms in total. The third-order valence-electron chi connectivity index (χ3n) is 23.1. The van der Waals surface area contributed by atoms with Crippen LogP contribution in [-0.4, -0.2) is 11.3 Å². The fourth-order valence-corrected chi connectivity index (χ4v) is 19.3. The van der Waals surface area contributed by atoms with Gasteiger partial charge in [-0.25, -0.2) is 0 Å². The second kappa shape index (κ2) is 24.4. The van der Waals surface area contributed by atoms with E-state index >= 15 is 0 Å². The van der Waals surface area contributed by atoms with Crippen molar-refractivity contribution in [2.45, 2.75) is 52.4 Å². The van der Waals surface area contributed by atoms with Gasteiger partial charge in [-0.1, -0.05) is 284 Å². The third-order valence-corrected chi connectivity index (χ3v) is 24.3. The van der Waals surface area contributed by atoms with Crippen molar-refractivity contribution in [1.29, 1.82) is 0 Å². The van der Waals surface area contributed by atoms with Crippen LogP contribution in [0, 0.1) is 0 Å². The molecule has 4 heterocycles. The molecule has 0 saturated carbocycles. The number of thiophene rings is 1. The SMILES string of the molecule is CC(C)(C)c1cc2ccc3cc(C(C)(C)C)cc4c(-c5cccc(-c6cc7c8c(c6)N(c6ccccc6-c6ccccc6)c6c(sc9cc(-n%10c%11ccccc%11c%11ccccc%11%10)ccc69)B8c6ccc(N(c8ccccc8)c8cccc9ccccc89)cc6N7c6ccccc6-c6ccccc6)c5)cc(c1)c2c34. The van der Waals surface area contributed by atoms with Gasteiger partial charge in [-0.2, -0.15) is 0 Å². The Hall–Kier alpha value is -12.7. The summed E-state index contributed by atoms with van der Waals surface area (Å²) in [5.41, 5.74) is 27.9. The lowest BCUT2D eigenvalue weighted by molar-refractivity contribution is 0.591. The van der Waals surface area contributed by atoms with Crippen LogP contribution in [0.5, 0.6) is 0 Å².